The van der Waals surface area contributed by atoms with Gasteiger partial charge in [-0.3, -0.25) is 4.79 Å². The molecule has 0 saturated carbocycles. The van der Waals surface area contributed by atoms with Gasteiger partial charge in [-0.25, -0.2) is 9.71 Å². The molecule has 0 aliphatic heterocycles. The van der Waals surface area contributed by atoms with E-state index >= 15 is 0 Å². The zero-order valence-corrected chi connectivity index (χ0v) is 6.49. The highest BCUT2D eigenvalue weighted by Gasteiger charge is 2.05. The molecule has 1 aromatic rings. The van der Waals surface area contributed by atoms with Crippen LogP contribution < -0.4 is 4.73 Å². The number of carboxylic acid groups (broad SMARTS) is 1. The fourth-order valence-electron chi connectivity index (χ4n) is 0.944. The number of carboxylic acids is 1. The number of imidazole rings is 1. The Morgan fingerprint density at radius 2 is 2.50 bits per heavy atom. The smallest absolute Gasteiger partial charge is 0.303 e. The highest BCUT2D eigenvalue weighted by Crippen LogP contribution is 1.96. The number of nitrogens with one attached hydrogen (secondary N) is 1. The van der Waals surface area contributed by atoms with Gasteiger partial charge >= 0.3 is 5.97 Å². The number of aryl methyl sites for hydroxylation is 1. The first kappa shape index (κ1) is 8.58. The number of aromatic amines is 1. The minimum absolute atomic E-state index is 0.0962. The van der Waals surface area contributed by atoms with Crippen molar-refractivity contribution in [2.75, 3.05) is 0 Å². The van der Waals surface area contributed by atoms with Crippen molar-refractivity contribution in [2.45, 2.75) is 19.3 Å². The Hall–Kier alpha value is -1.52. The third-order valence-electron chi connectivity index (χ3n) is 1.53. The number of aromatic nitrogens is 2. The van der Waals surface area contributed by atoms with Crippen LogP contribution in [0.3, 0.4) is 0 Å². The van der Waals surface area contributed by atoms with Crippen molar-refractivity contribution in [3.05, 3.63) is 23.4 Å². The number of hydrogen-bond donors (Lipinski definition) is 2. The zero-order chi connectivity index (χ0) is 8.97. The Balaban J connectivity index is 2.33. The van der Waals surface area contributed by atoms with Gasteiger partial charge in [0.1, 0.15) is 12.4 Å². The second kappa shape index (κ2) is 3.75. The summed E-state index contributed by atoms with van der Waals surface area (Å²) in [4.78, 5) is 12.9. The molecule has 5 heteroatoms. The highest BCUT2D eigenvalue weighted by atomic mass is 16.5. The van der Waals surface area contributed by atoms with Gasteiger partial charge < -0.3 is 10.3 Å². The Kier molecular flexibility index (Phi) is 2.68. The molecule has 0 spiro atoms. The molecule has 5 nitrogen and oxygen atoms in total. The van der Waals surface area contributed by atoms with Crippen LogP contribution in [0.1, 0.15) is 18.7 Å². The molecule has 0 fully saturated rings. The monoisotopic (exact) mass is 170 g/mol. The quantitative estimate of drug-likeness (QED) is 0.495. The molecular weight excluding hydrogens is 160 g/mol. The minimum Gasteiger partial charge on any atom is -0.711 e. The van der Waals surface area contributed by atoms with E-state index in [1.807, 2.05) is 0 Å². The molecule has 66 valence electrons. The topological polar surface area (TPSA) is 80.0 Å². The predicted molar refractivity (Wildman–Crippen MR) is 40.3 cm³/mol. The molecule has 1 aromatic heterocycles. The molecule has 2 N–H and O–H groups in total. The van der Waals surface area contributed by atoms with Crippen LogP contribution in [0, 0.1) is 5.21 Å². The maximum absolute atomic E-state index is 10.8. The summed E-state index contributed by atoms with van der Waals surface area (Å²) in [6.07, 6.45) is 3.94. The van der Waals surface area contributed by atoms with Crippen LogP contribution in [-0.2, 0) is 11.2 Å². The number of hydrogen-bond acceptors (Lipinski definition) is 2. The second-order valence-electron chi connectivity index (χ2n) is 2.48. The number of rotatable bonds is 4. The molecule has 0 aromatic carbocycles. The molecule has 1 heterocycles. The van der Waals surface area contributed by atoms with Crippen LogP contribution in [0.15, 0.2) is 12.4 Å². The number of aliphatic carboxylic acids is 1. The molecule has 0 saturated heterocycles. The van der Waals surface area contributed by atoms with Crippen LogP contribution >= 0.6 is 0 Å². The molecule has 0 atom stereocenters. The Morgan fingerprint density at radius 1 is 1.75 bits per heavy atom. The normalized spacial score (nSPS) is 10.0. The summed E-state index contributed by atoms with van der Waals surface area (Å²) in [7, 11) is 0. The van der Waals surface area contributed by atoms with Crippen molar-refractivity contribution in [2.24, 2.45) is 0 Å². The summed E-state index contributed by atoms with van der Waals surface area (Å²) >= 11 is 0. The van der Waals surface area contributed by atoms with Crippen molar-refractivity contribution in [1.82, 2.24) is 4.98 Å². The molecule has 0 aliphatic rings. The van der Waals surface area contributed by atoms with Crippen LogP contribution in [0.2, 0.25) is 0 Å². The highest BCUT2D eigenvalue weighted by molar-refractivity contribution is 5.66. The summed E-state index contributed by atoms with van der Waals surface area (Å²) in [6.45, 7) is 0. The van der Waals surface area contributed by atoms with Gasteiger partial charge in [-0.1, -0.05) is 0 Å². The van der Waals surface area contributed by atoms with E-state index in [1.165, 1.54) is 12.4 Å². The summed E-state index contributed by atoms with van der Waals surface area (Å²) < 4.78 is 0.710. The lowest BCUT2D eigenvalue weighted by Crippen LogP contribution is -2.28. The zero-order valence-electron chi connectivity index (χ0n) is 6.49. The molecular formula is C7H10N2O3. The van der Waals surface area contributed by atoms with Crippen LogP contribution in [0.25, 0.3) is 0 Å². The van der Waals surface area contributed by atoms with E-state index < -0.39 is 5.97 Å². The summed E-state index contributed by atoms with van der Waals surface area (Å²) in [5, 5.41) is 19.1. The molecule has 0 unspecified atom stereocenters. The third kappa shape index (κ3) is 2.26. The number of carbonyl (C=O) groups is 1. The number of H-pyrrole nitrogens is 1. The summed E-state index contributed by atoms with van der Waals surface area (Å²) in [5.74, 6) is -0.324. The van der Waals surface area contributed by atoms with Crippen molar-refractivity contribution >= 4 is 5.97 Å². The lowest BCUT2D eigenvalue weighted by molar-refractivity contribution is -0.612. The largest absolute Gasteiger partial charge is 0.711 e. The van der Waals surface area contributed by atoms with E-state index in [0.29, 0.717) is 23.4 Å². The van der Waals surface area contributed by atoms with E-state index in [9.17, 15) is 10.0 Å². The van der Waals surface area contributed by atoms with E-state index in [2.05, 4.69) is 4.98 Å². The Bertz CT molecular complexity index is 269. The molecule has 1 rings (SSSR count). The maximum atomic E-state index is 10.8. The van der Waals surface area contributed by atoms with Gasteiger partial charge in [0.15, 0.2) is 0 Å². The minimum atomic E-state index is -0.834. The predicted octanol–water partition coefficient (Wildman–Crippen LogP) is 0.0554. The summed E-state index contributed by atoms with van der Waals surface area (Å²) in [5.41, 5.74) is 0. The first-order valence-corrected chi connectivity index (χ1v) is 3.67. The lowest BCUT2D eigenvalue weighted by Gasteiger charge is -1.99. The van der Waals surface area contributed by atoms with Crippen molar-refractivity contribution in [1.29, 1.82) is 0 Å². The van der Waals surface area contributed by atoms with Gasteiger partial charge in [-0.15, -0.1) is 0 Å². The molecule has 0 aliphatic carbocycles. The third-order valence-corrected chi connectivity index (χ3v) is 1.53. The fourth-order valence-corrected chi connectivity index (χ4v) is 0.944. The van der Waals surface area contributed by atoms with E-state index in [4.69, 9.17) is 5.11 Å². The standard InChI is InChI=1S/C7H10N2O3/c10-7(11)3-1-2-6-8-4-5-9(6)12/h4-5,8H,1-3H2,(H,10,11). The molecule has 12 heavy (non-hydrogen) atoms. The van der Waals surface area contributed by atoms with Crippen molar-refractivity contribution < 1.29 is 14.6 Å². The average molecular weight is 170 g/mol. The van der Waals surface area contributed by atoms with Gasteiger partial charge in [0.05, 0.1) is 6.42 Å². The van der Waals surface area contributed by atoms with Gasteiger partial charge in [0.2, 0.25) is 0 Å². The van der Waals surface area contributed by atoms with Crippen molar-refractivity contribution in [3.8, 4) is 0 Å². The molecule has 0 amide bonds. The first-order valence-electron chi connectivity index (χ1n) is 3.67. The lowest BCUT2D eigenvalue weighted by atomic mass is 10.2. The SMILES string of the molecule is O=C(O)CCCc1[nH]cc[n+]1[O-]. The van der Waals surface area contributed by atoms with Gasteiger partial charge in [-0.05, 0) is 6.42 Å². The second-order valence-corrected chi connectivity index (χ2v) is 2.48. The Labute approximate surface area is 69.2 Å². The van der Waals surface area contributed by atoms with E-state index in [0.717, 1.165) is 0 Å². The van der Waals surface area contributed by atoms with Crippen LogP contribution in [0.4, 0.5) is 0 Å². The summed E-state index contributed by atoms with van der Waals surface area (Å²) in [6, 6.07) is 0. The van der Waals surface area contributed by atoms with Crippen LogP contribution in [0.5, 0.6) is 0 Å². The first-order chi connectivity index (χ1) is 5.70. The fraction of sp³-hybridized carbons (Fsp3) is 0.429. The van der Waals surface area contributed by atoms with Gasteiger partial charge in [-0.2, -0.15) is 0 Å². The number of nitrogens with zero attached hydrogens (tertiary/aromatic N) is 1. The maximum Gasteiger partial charge on any atom is 0.303 e. The van der Waals surface area contributed by atoms with Crippen LogP contribution in [-0.4, -0.2) is 16.1 Å². The molecule has 0 radical (unpaired) electrons. The molecule has 0 bridgehead atoms. The van der Waals surface area contributed by atoms with E-state index in [1.54, 1.807) is 0 Å². The van der Waals surface area contributed by atoms with Gasteiger partial charge in [0, 0.05) is 6.42 Å². The average Bonchev–Trinajstić information content (AvgIpc) is 2.36. The van der Waals surface area contributed by atoms with E-state index in [-0.39, 0.29) is 6.42 Å². The van der Waals surface area contributed by atoms with Gasteiger partial charge in [0.25, 0.3) is 5.82 Å². The Morgan fingerprint density at radius 3 is 3.00 bits per heavy atom. The van der Waals surface area contributed by atoms with Crippen molar-refractivity contribution in [3.63, 3.8) is 0 Å².